The van der Waals surface area contributed by atoms with E-state index >= 15 is 0 Å². The van der Waals surface area contributed by atoms with Gasteiger partial charge in [0.15, 0.2) is 0 Å². The molecule has 72 valence electrons. The van der Waals surface area contributed by atoms with Crippen LogP contribution in [0.2, 0.25) is 0 Å². The molecule has 0 saturated carbocycles. The minimum Gasteiger partial charge on any atom is -0.394 e. The number of amides is 1. The molecule has 0 aliphatic carbocycles. The number of imidazole rings is 1. The minimum absolute atomic E-state index is 0.0709. The molecule has 0 aliphatic rings. The van der Waals surface area contributed by atoms with Crippen LogP contribution in [0.5, 0.6) is 0 Å². The molecule has 1 heterocycles. The number of aromatic nitrogens is 2. The molecule has 13 heavy (non-hydrogen) atoms. The van der Waals surface area contributed by atoms with E-state index in [0.717, 1.165) is 0 Å². The van der Waals surface area contributed by atoms with Crippen molar-refractivity contribution in [3.63, 3.8) is 0 Å². The van der Waals surface area contributed by atoms with Crippen molar-refractivity contribution in [2.45, 2.75) is 13.0 Å². The second kappa shape index (κ2) is 4.04. The highest BCUT2D eigenvalue weighted by molar-refractivity contribution is 5.92. The number of rotatable bonds is 3. The molecular formula is C8H13N3O2. The smallest absolute Gasteiger partial charge is 0.271 e. The molecule has 0 saturated heterocycles. The fourth-order valence-electron chi connectivity index (χ4n) is 0.873. The van der Waals surface area contributed by atoms with Crippen LogP contribution in [0.1, 0.15) is 17.4 Å². The molecule has 1 atom stereocenters. The lowest BCUT2D eigenvalue weighted by Crippen LogP contribution is -2.35. The molecule has 0 radical (unpaired) electrons. The van der Waals surface area contributed by atoms with Gasteiger partial charge in [-0.25, -0.2) is 4.98 Å². The Morgan fingerprint density at radius 3 is 3.00 bits per heavy atom. The summed E-state index contributed by atoms with van der Waals surface area (Å²) in [5, 5.41) is 11.3. The van der Waals surface area contributed by atoms with E-state index < -0.39 is 0 Å². The van der Waals surface area contributed by atoms with Crippen LogP contribution < -0.4 is 5.32 Å². The molecule has 0 aliphatic heterocycles. The second-order valence-electron chi connectivity index (χ2n) is 2.98. The first kappa shape index (κ1) is 9.73. The van der Waals surface area contributed by atoms with E-state index in [0.29, 0.717) is 5.69 Å². The van der Waals surface area contributed by atoms with Crippen LogP contribution in [-0.2, 0) is 7.05 Å². The Bertz CT molecular complexity index is 295. The third kappa shape index (κ3) is 2.55. The van der Waals surface area contributed by atoms with Gasteiger partial charge < -0.3 is 15.0 Å². The summed E-state index contributed by atoms with van der Waals surface area (Å²) in [6, 6.07) is -0.241. The van der Waals surface area contributed by atoms with E-state index in [1.807, 2.05) is 0 Å². The van der Waals surface area contributed by atoms with Gasteiger partial charge in [0.25, 0.3) is 5.91 Å². The largest absolute Gasteiger partial charge is 0.394 e. The highest BCUT2D eigenvalue weighted by Crippen LogP contribution is 1.94. The highest BCUT2D eigenvalue weighted by atomic mass is 16.3. The van der Waals surface area contributed by atoms with Gasteiger partial charge in [-0.1, -0.05) is 0 Å². The van der Waals surface area contributed by atoms with Crippen molar-refractivity contribution in [1.82, 2.24) is 14.9 Å². The average molecular weight is 183 g/mol. The number of carbonyl (C=O) groups excluding carboxylic acids is 1. The number of hydrogen-bond acceptors (Lipinski definition) is 3. The minimum atomic E-state index is -0.262. The van der Waals surface area contributed by atoms with E-state index in [9.17, 15) is 4.79 Å². The molecule has 2 N–H and O–H groups in total. The molecule has 5 nitrogen and oxygen atoms in total. The number of aliphatic hydroxyl groups excluding tert-OH is 1. The van der Waals surface area contributed by atoms with Crippen molar-refractivity contribution < 1.29 is 9.90 Å². The van der Waals surface area contributed by atoms with Gasteiger partial charge in [-0.15, -0.1) is 0 Å². The van der Waals surface area contributed by atoms with E-state index in [1.54, 1.807) is 31.1 Å². The van der Waals surface area contributed by atoms with Gasteiger partial charge >= 0.3 is 0 Å². The van der Waals surface area contributed by atoms with Crippen molar-refractivity contribution in [2.75, 3.05) is 6.61 Å². The maximum absolute atomic E-state index is 11.3. The zero-order valence-corrected chi connectivity index (χ0v) is 7.69. The molecule has 1 aromatic heterocycles. The molecule has 0 fully saturated rings. The third-order valence-electron chi connectivity index (χ3n) is 1.59. The lowest BCUT2D eigenvalue weighted by Gasteiger charge is -2.08. The Kier molecular flexibility index (Phi) is 3.02. The van der Waals surface area contributed by atoms with Crippen molar-refractivity contribution >= 4 is 5.91 Å². The fraction of sp³-hybridized carbons (Fsp3) is 0.500. The Labute approximate surface area is 76.4 Å². The van der Waals surface area contributed by atoms with Gasteiger partial charge in [0.05, 0.1) is 12.9 Å². The van der Waals surface area contributed by atoms with E-state index in [4.69, 9.17) is 5.11 Å². The third-order valence-corrected chi connectivity index (χ3v) is 1.59. The van der Waals surface area contributed by atoms with Crippen LogP contribution in [0.3, 0.4) is 0 Å². The molecular weight excluding hydrogens is 170 g/mol. The van der Waals surface area contributed by atoms with E-state index in [1.165, 1.54) is 0 Å². The normalized spacial score (nSPS) is 12.5. The lowest BCUT2D eigenvalue weighted by atomic mass is 10.3. The number of carbonyl (C=O) groups is 1. The topological polar surface area (TPSA) is 67.2 Å². The first-order valence-electron chi connectivity index (χ1n) is 4.03. The van der Waals surface area contributed by atoms with Crippen LogP contribution >= 0.6 is 0 Å². The van der Waals surface area contributed by atoms with Gasteiger partial charge in [-0.3, -0.25) is 4.79 Å². The van der Waals surface area contributed by atoms with Gasteiger partial charge in [0, 0.05) is 19.3 Å². The summed E-state index contributed by atoms with van der Waals surface area (Å²) in [5.41, 5.74) is 0.364. The number of aryl methyl sites for hydroxylation is 1. The van der Waals surface area contributed by atoms with Crippen LogP contribution in [-0.4, -0.2) is 33.2 Å². The van der Waals surface area contributed by atoms with Crippen LogP contribution in [0.4, 0.5) is 0 Å². The number of aliphatic hydroxyl groups is 1. The van der Waals surface area contributed by atoms with E-state index in [2.05, 4.69) is 10.3 Å². The summed E-state index contributed by atoms with van der Waals surface area (Å²) in [7, 11) is 1.79. The summed E-state index contributed by atoms with van der Waals surface area (Å²) >= 11 is 0. The zero-order valence-electron chi connectivity index (χ0n) is 7.69. The second-order valence-corrected chi connectivity index (χ2v) is 2.98. The predicted molar refractivity (Wildman–Crippen MR) is 47.2 cm³/mol. The quantitative estimate of drug-likeness (QED) is 0.665. The van der Waals surface area contributed by atoms with Gasteiger partial charge in [-0.2, -0.15) is 0 Å². The molecule has 1 amide bonds. The summed E-state index contributed by atoms with van der Waals surface area (Å²) < 4.78 is 1.69. The average Bonchev–Trinajstić information content (AvgIpc) is 2.51. The highest BCUT2D eigenvalue weighted by Gasteiger charge is 2.10. The number of nitrogens with one attached hydrogen (secondary N) is 1. The molecule has 0 bridgehead atoms. The molecule has 0 unspecified atom stereocenters. The van der Waals surface area contributed by atoms with Crippen molar-refractivity contribution in [1.29, 1.82) is 0 Å². The standard InChI is InChI=1S/C8H13N3O2/c1-6(4-12)10-8(13)7-3-11(2)5-9-7/h3,5-6,12H,4H2,1-2H3,(H,10,13)/t6-/m1/s1. The van der Waals surface area contributed by atoms with Crippen LogP contribution in [0.15, 0.2) is 12.5 Å². The maximum Gasteiger partial charge on any atom is 0.271 e. The predicted octanol–water partition coefficient (Wildman–Crippen LogP) is -0.469. The summed E-state index contributed by atoms with van der Waals surface area (Å²) in [4.78, 5) is 15.2. The lowest BCUT2D eigenvalue weighted by molar-refractivity contribution is 0.0917. The van der Waals surface area contributed by atoms with Crippen molar-refractivity contribution in [3.8, 4) is 0 Å². The Hall–Kier alpha value is -1.36. The van der Waals surface area contributed by atoms with Gasteiger partial charge in [-0.05, 0) is 6.92 Å². The Morgan fingerprint density at radius 2 is 2.54 bits per heavy atom. The van der Waals surface area contributed by atoms with Gasteiger partial charge in [0.1, 0.15) is 5.69 Å². The van der Waals surface area contributed by atoms with E-state index in [-0.39, 0.29) is 18.6 Å². The van der Waals surface area contributed by atoms with Crippen molar-refractivity contribution in [2.24, 2.45) is 7.05 Å². The molecule has 5 heteroatoms. The molecule has 1 rings (SSSR count). The van der Waals surface area contributed by atoms with Crippen LogP contribution in [0.25, 0.3) is 0 Å². The van der Waals surface area contributed by atoms with Crippen molar-refractivity contribution in [3.05, 3.63) is 18.2 Å². The maximum atomic E-state index is 11.3. The van der Waals surface area contributed by atoms with Gasteiger partial charge in [0.2, 0.25) is 0 Å². The summed E-state index contributed by atoms with van der Waals surface area (Å²) in [6.45, 7) is 1.65. The number of nitrogens with zero attached hydrogens (tertiary/aromatic N) is 2. The Morgan fingerprint density at radius 1 is 1.85 bits per heavy atom. The first-order chi connectivity index (χ1) is 6.13. The Balaban J connectivity index is 2.58. The monoisotopic (exact) mass is 183 g/mol. The van der Waals surface area contributed by atoms with Crippen LogP contribution in [0, 0.1) is 0 Å². The summed E-state index contributed by atoms with van der Waals surface area (Å²) in [6.07, 6.45) is 3.18. The zero-order chi connectivity index (χ0) is 9.84. The molecule has 0 aromatic carbocycles. The molecule has 1 aromatic rings. The number of hydrogen-bond donors (Lipinski definition) is 2. The molecule has 0 spiro atoms. The fourth-order valence-corrected chi connectivity index (χ4v) is 0.873. The first-order valence-corrected chi connectivity index (χ1v) is 4.03. The summed E-state index contributed by atoms with van der Waals surface area (Å²) in [5.74, 6) is -0.262. The SMILES string of the molecule is C[C@H](CO)NC(=O)c1cn(C)cn1.